The Bertz CT molecular complexity index is 695. The number of aryl methyl sites for hydroxylation is 1. The highest BCUT2D eigenvalue weighted by atomic mass is 32.1. The first-order valence-electron chi connectivity index (χ1n) is 7.36. The van der Waals surface area contributed by atoms with Crippen molar-refractivity contribution in [2.45, 2.75) is 32.2 Å². The molecule has 0 aliphatic carbocycles. The molecule has 0 spiro atoms. The van der Waals surface area contributed by atoms with Crippen molar-refractivity contribution in [2.75, 3.05) is 5.32 Å². The van der Waals surface area contributed by atoms with E-state index < -0.39 is 0 Å². The van der Waals surface area contributed by atoms with Gasteiger partial charge in [-0.3, -0.25) is 9.59 Å². The fourth-order valence-electron chi connectivity index (χ4n) is 2.62. The van der Waals surface area contributed by atoms with Gasteiger partial charge in [0.1, 0.15) is 0 Å². The number of nitrogens with one attached hydrogen (secondary N) is 2. The minimum absolute atomic E-state index is 0.0287. The first kappa shape index (κ1) is 14.8. The molecule has 3 rings (SSSR count). The van der Waals surface area contributed by atoms with Crippen LogP contribution in [0.2, 0.25) is 0 Å². The standard InChI is InChI=1S/C17H18N2O2S/c1-11(18-17(21)10-14-3-2-8-22-14)12-4-6-15-13(9-12)5-7-16(20)19-15/h2-4,6,8-9,11H,5,7,10H2,1H3,(H,18,21)(H,19,20)/t11-/m1/s1. The summed E-state index contributed by atoms with van der Waals surface area (Å²) >= 11 is 1.59. The van der Waals surface area contributed by atoms with E-state index in [-0.39, 0.29) is 17.9 Å². The normalized spacial score (nSPS) is 14.9. The Kier molecular flexibility index (Phi) is 4.24. The Morgan fingerprint density at radius 3 is 3.00 bits per heavy atom. The van der Waals surface area contributed by atoms with E-state index >= 15 is 0 Å². The molecule has 0 saturated carbocycles. The molecule has 0 radical (unpaired) electrons. The number of thiophene rings is 1. The number of rotatable bonds is 4. The average molecular weight is 314 g/mol. The SMILES string of the molecule is C[C@@H](NC(=O)Cc1cccs1)c1ccc2c(c1)CCC(=O)N2. The molecule has 5 heteroatoms. The second kappa shape index (κ2) is 6.32. The van der Waals surface area contributed by atoms with Crippen molar-refractivity contribution in [3.05, 3.63) is 51.7 Å². The summed E-state index contributed by atoms with van der Waals surface area (Å²) in [5, 5.41) is 7.88. The molecule has 114 valence electrons. The lowest BCUT2D eigenvalue weighted by Crippen LogP contribution is -2.28. The largest absolute Gasteiger partial charge is 0.349 e. The summed E-state index contributed by atoms with van der Waals surface area (Å²) in [6.45, 7) is 1.98. The zero-order valence-electron chi connectivity index (χ0n) is 12.4. The van der Waals surface area contributed by atoms with Crippen molar-refractivity contribution < 1.29 is 9.59 Å². The lowest BCUT2D eigenvalue weighted by molar-refractivity contribution is -0.121. The highest BCUT2D eigenvalue weighted by Gasteiger charge is 2.17. The van der Waals surface area contributed by atoms with Gasteiger partial charge in [0.2, 0.25) is 11.8 Å². The minimum atomic E-state index is -0.0459. The van der Waals surface area contributed by atoms with E-state index in [9.17, 15) is 9.59 Å². The molecule has 1 aliphatic heterocycles. The maximum Gasteiger partial charge on any atom is 0.225 e. The van der Waals surface area contributed by atoms with E-state index in [1.807, 2.05) is 36.6 Å². The highest BCUT2D eigenvalue weighted by Crippen LogP contribution is 2.26. The zero-order valence-corrected chi connectivity index (χ0v) is 13.2. The fraction of sp³-hybridized carbons (Fsp3) is 0.294. The van der Waals surface area contributed by atoms with E-state index in [0.29, 0.717) is 12.8 Å². The van der Waals surface area contributed by atoms with Crippen molar-refractivity contribution >= 4 is 28.8 Å². The quantitative estimate of drug-likeness (QED) is 0.911. The number of benzene rings is 1. The van der Waals surface area contributed by atoms with Gasteiger partial charge < -0.3 is 10.6 Å². The number of fused-ring (bicyclic) bond motifs is 1. The van der Waals surface area contributed by atoms with Crippen LogP contribution in [0.5, 0.6) is 0 Å². The third kappa shape index (κ3) is 3.36. The topological polar surface area (TPSA) is 58.2 Å². The average Bonchev–Trinajstić information content (AvgIpc) is 2.99. The van der Waals surface area contributed by atoms with Gasteiger partial charge in [-0.05, 0) is 42.0 Å². The molecule has 2 N–H and O–H groups in total. The van der Waals surface area contributed by atoms with Gasteiger partial charge in [-0.2, -0.15) is 0 Å². The van der Waals surface area contributed by atoms with Crippen molar-refractivity contribution in [3.8, 4) is 0 Å². The predicted octanol–water partition coefficient (Wildman–Crippen LogP) is 3.05. The molecule has 4 nitrogen and oxygen atoms in total. The minimum Gasteiger partial charge on any atom is -0.349 e. The Labute approximate surface area is 133 Å². The van der Waals surface area contributed by atoms with Crippen molar-refractivity contribution in [3.63, 3.8) is 0 Å². The van der Waals surface area contributed by atoms with Gasteiger partial charge in [0.25, 0.3) is 0 Å². The van der Waals surface area contributed by atoms with E-state index in [0.717, 1.165) is 28.1 Å². The maximum atomic E-state index is 12.1. The molecule has 0 unspecified atom stereocenters. The molecule has 2 heterocycles. The Morgan fingerprint density at radius 1 is 1.36 bits per heavy atom. The number of anilines is 1. The van der Waals surface area contributed by atoms with Crippen LogP contribution in [0, 0.1) is 0 Å². The first-order chi connectivity index (χ1) is 10.6. The summed E-state index contributed by atoms with van der Waals surface area (Å²) in [6, 6.07) is 9.83. The summed E-state index contributed by atoms with van der Waals surface area (Å²) in [6.07, 6.45) is 1.70. The van der Waals surface area contributed by atoms with Gasteiger partial charge >= 0.3 is 0 Å². The van der Waals surface area contributed by atoms with Crippen LogP contribution in [-0.2, 0) is 22.4 Å². The Hall–Kier alpha value is -2.14. The van der Waals surface area contributed by atoms with Crippen LogP contribution in [-0.4, -0.2) is 11.8 Å². The molecule has 2 aromatic rings. The maximum absolute atomic E-state index is 12.1. The van der Waals surface area contributed by atoms with E-state index in [2.05, 4.69) is 16.7 Å². The summed E-state index contributed by atoms with van der Waals surface area (Å²) in [5.41, 5.74) is 3.09. The molecule has 1 aliphatic rings. The number of hydrogen-bond donors (Lipinski definition) is 2. The third-order valence-corrected chi connectivity index (χ3v) is 4.69. The van der Waals surface area contributed by atoms with Gasteiger partial charge in [-0.1, -0.05) is 18.2 Å². The van der Waals surface area contributed by atoms with Gasteiger partial charge in [0, 0.05) is 17.0 Å². The van der Waals surface area contributed by atoms with Crippen LogP contribution in [0.3, 0.4) is 0 Å². The second-order valence-corrected chi connectivity index (χ2v) is 6.54. The van der Waals surface area contributed by atoms with Crippen LogP contribution in [0.1, 0.15) is 35.4 Å². The second-order valence-electron chi connectivity index (χ2n) is 5.51. The van der Waals surface area contributed by atoms with Gasteiger partial charge in [-0.25, -0.2) is 0 Å². The van der Waals surface area contributed by atoms with Crippen LogP contribution in [0.15, 0.2) is 35.7 Å². The summed E-state index contributed by atoms with van der Waals surface area (Å²) in [7, 11) is 0. The molecule has 22 heavy (non-hydrogen) atoms. The van der Waals surface area contributed by atoms with Crippen LogP contribution >= 0.6 is 11.3 Å². The lowest BCUT2D eigenvalue weighted by Gasteiger charge is -2.20. The molecular formula is C17H18N2O2S. The van der Waals surface area contributed by atoms with Gasteiger partial charge in [0.05, 0.1) is 12.5 Å². The number of carbonyl (C=O) groups excluding carboxylic acids is 2. The first-order valence-corrected chi connectivity index (χ1v) is 8.24. The summed E-state index contributed by atoms with van der Waals surface area (Å²) in [4.78, 5) is 24.5. The van der Waals surface area contributed by atoms with E-state index in [1.54, 1.807) is 11.3 Å². The summed E-state index contributed by atoms with van der Waals surface area (Å²) < 4.78 is 0. The molecule has 1 atom stereocenters. The Morgan fingerprint density at radius 2 is 2.23 bits per heavy atom. The molecule has 0 saturated heterocycles. The van der Waals surface area contributed by atoms with Crippen LogP contribution in [0.4, 0.5) is 5.69 Å². The molecule has 1 aromatic heterocycles. The predicted molar refractivity (Wildman–Crippen MR) is 88.0 cm³/mol. The smallest absolute Gasteiger partial charge is 0.225 e. The van der Waals surface area contributed by atoms with Gasteiger partial charge in [0.15, 0.2) is 0 Å². The number of hydrogen-bond acceptors (Lipinski definition) is 3. The van der Waals surface area contributed by atoms with Crippen molar-refractivity contribution in [1.29, 1.82) is 0 Å². The molecule has 0 fully saturated rings. The van der Waals surface area contributed by atoms with Crippen LogP contribution < -0.4 is 10.6 Å². The lowest BCUT2D eigenvalue weighted by atomic mass is 9.98. The third-order valence-electron chi connectivity index (χ3n) is 3.82. The molecular weight excluding hydrogens is 296 g/mol. The van der Waals surface area contributed by atoms with E-state index in [4.69, 9.17) is 0 Å². The number of carbonyl (C=O) groups is 2. The molecule has 1 aromatic carbocycles. The number of amides is 2. The molecule has 2 amide bonds. The summed E-state index contributed by atoms with van der Waals surface area (Å²) in [5.74, 6) is 0.0959. The van der Waals surface area contributed by atoms with Crippen molar-refractivity contribution in [1.82, 2.24) is 5.32 Å². The fourth-order valence-corrected chi connectivity index (χ4v) is 3.32. The Balaban J connectivity index is 1.66. The van der Waals surface area contributed by atoms with Gasteiger partial charge in [-0.15, -0.1) is 11.3 Å². The monoisotopic (exact) mass is 314 g/mol. The van der Waals surface area contributed by atoms with Crippen LogP contribution in [0.25, 0.3) is 0 Å². The zero-order chi connectivity index (χ0) is 15.5. The van der Waals surface area contributed by atoms with Crippen molar-refractivity contribution in [2.24, 2.45) is 0 Å². The highest BCUT2D eigenvalue weighted by molar-refractivity contribution is 7.10. The molecule has 0 bridgehead atoms. The van der Waals surface area contributed by atoms with E-state index in [1.165, 1.54) is 0 Å².